The molecular formula is C18H29NO2. The lowest BCUT2D eigenvalue weighted by atomic mass is 9.80. The number of ether oxygens (including phenoxy) is 1. The quantitative estimate of drug-likeness (QED) is 0.844. The van der Waals surface area contributed by atoms with Gasteiger partial charge in [-0.3, -0.25) is 0 Å². The molecular weight excluding hydrogens is 262 g/mol. The molecule has 0 amide bonds. The van der Waals surface area contributed by atoms with Crippen LogP contribution in [0.2, 0.25) is 0 Å². The van der Waals surface area contributed by atoms with E-state index in [2.05, 4.69) is 44.3 Å². The van der Waals surface area contributed by atoms with Gasteiger partial charge in [0.25, 0.3) is 0 Å². The normalized spacial score (nSPS) is 25.8. The summed E-state index contributed by atoms with van der Waals surface area (Å²) in [7, 11) is 0. The lowest BCUT2D eigenvalue weighted by Crippen LogP contribution is -2.53. The van der Waals surface area contributed by atoms with Gasteiger partial charge in [0.1, 0.15) is 11.9 Å². The van der Waals surface area contributed by atoms with Gasteiger partial charge < -0.3 is 15.2 Å². The second-order valence-corrected chi connectivity index (χ2v) is 6.47. The number of aryl methyl sites for hydroxylation is 2. The van der Waals surface area contributed by atoms with Crippen LogP contribution >= 0.6 is 0 Å². The van der Waals surface area contributed by atoms with Crippen LogP contribution in [-0.2, 0) is 0 Å². The Morgan fingerprint density at radius 1 is 1.38 bits per heavy atom. The van der Waals surface area contributed by atoms with Crippen LogP contribution in [0.25, 0.3) is 0 Å². The first kappa shape index (κ1) is 16.3. The zero-order valence-corrected chi connectivity index (χ0v) is 13.6. The van der Waals surface area contributed by atoms with E-state index < -0.39 is 0 Å². The van der Waals surface area contributed by atoms with Crippen molar-refractivity contribution < 1.29 is 9.84 Å². The maximum Gasteiger partial charge on any atom is 0.122 e. The van der Waals surface area contributed by atoms with Gasteiger partial charge in [0, 0.05) is 12.0 Å². The molecule has 0 spiro atoms. The first-order chi connectivity index (χ1) is 10.1. The van der Waals surface area contributed by atoms with E-state index in [-0.39, 0.29) is 18.2 Å². The Labute approximate surface area is 128 Å². The summed E-state index contributed by atoms with van der Waals surface area (Å²) in [6, 6.07) is 6.33. The molecule has 21 heavy (non-hydrogen) atoms. The highest BCUT2D eigenvalue weighted by atomic mass is 16.5. The Kier molecular flexibility index (Phi) is 5.65. The smallest absolute Gasteiger partial charge is 0.122 e. The zero-order valence-electron chi connectivity index (χ0n) is 13.6. The fourth-order valence-corrected chi connectivity index (χ4v) is 3.27. The molecule has 118 valence electrons. The van der Waals surface area contributed by atoms with Crippen LogP contribution in [0, 0.1) is 13.8 Å². The van der Waals surface area contributed by atoms with E-state index in [1.165, 1.54) is 11.1 Å². The fourth-order valence-electron chi connectivity index (χ4n) is 3.27. The summed E-state index contributed by atoms with van der Waals surface area (Å²) in [6.07, 6.45) is 5.38. The maximum atomic E-state index is 9.82. The third-order valence-corrected chi connectivity index (χ3v) is 4.48. The number of hydrogen-bond donors (Lipinski definition) is 2. The molecule has 0 radical (unpaired) electrons. The maximum absolute atomic E-state index is 9.82. The molecule has 0 aliphatic heterocycles. The van der Waals surface area contributed by atoms with Crippen LogP contribution in [0.5, 0.6) is 5.75 Å². The molecule has 0 bridgehead atoms. The molecule has 3 nitrogen and oxygen atoms in total. The molecule has 1 fully saturated rings. The van der Waals surface area contributed by atoms with Gasteiger partial charge in [-0.1, -0.05) is 24.6 Å². The first-order valence-electron chi connectivity index (χ1n) is 8.18. The Hall–Kier alpha value is -1.06. The largest absolute Gasteiger partial charge is 0.490 e. The summed E-state index contributed by atoms with van der Waals surface area (Å²) in [5, 5.41) is 13.4. The minimum absolute atomic E-state index is 0.155. The number of rotatable bonds is 6. The number of hydrogen-bond acceptors (Lipinski definition) is 3. The van der Waals surface area contributed by atoms with Crippen LogP contribution in [0.1, 0.15) is 50.2 Å². The minimum atomic E-state index is -0.155. The molecule has 3 heteroatoms. The highest BCUT2D eigenvalue weighted by molar-refractivity contribution is 5.35. The van der Waals surface area contributed by atoms with Crippen molar-refractivity contribution in [3.05, 3.63) is 29.3 Å². The van der Waals surface area contributed by atoms with E-state index in [4.69, 9.17) is 4.74 Å². The number of aliphatic hydroxyl groups excluding tert-OH is 1. The summed E-state index contributed by atoms with van der Waals surface area (Å²) in [5.41, 5.74) is 2.30. The van der Waals surface area contributed by atoms with Crippen molar-refractivity contribution in [1.82, 2.24) is 5.32 Å². The standard InChI is InChI=1S/C18H29NO2/c1-4-10-19-18(13-20)9-5-6-16(12-18)21-17-8-7-14(2)11-15(17)3/h7-8,11,16,19-20H,4-6,9-10,12-13H2,1-3H3. The second kappa shape index (κ2) is 7.28. The van der Waals surface area contributed by atoms with Gasteiger partial charge in [0.2, 0.25) is 0 Å². The van der Waals surface area contributed by atoms with Gasteiger partial charge in [-0.25, -0.2) is 0 Å². The second-order valence-electron chi connectivity index (χ2n) is 6.47. The van der Waals surface area contributed by atoms with Gasteiger partial charge in [0.15, 0.2) is 0 Å². The predicted octanol–water partition coefficient (Wildman–Crippen LogP) is 3.36. The lowest BCUT2D eigenvalue weighted by Gasteiger charge is -2.40. The molecule has 2 N–H and O–H groups in total. The molecule has 1 aliphatic carbocycles. The molecule has 2 rings (SSSR count). The van der Waals surface area contributed by atoms with E-state index in [0.717, 1.165) is 44.4 Å². The highest BCUT2D eigenvalue weighted by Crippen LogP contribution is 2.32. The average molecular weight is 291 g/mol. The van der Waals surface area contributed by atoms with Crippen molar-refractivity contribution in [3.8, 4) is 5.75 Å². The molecule has 2 atom stereocenters. The van der Waals surface area contributed by atoms with Gasteiger partial charge in [-0.15, -0.1) is 0 Å². The molecule has 1 saturated carbocycles. The van der Waals surface area contributed by atoms with Gasteiger partial charge in [0.05, 0.1) is 6.61 Å². The van der Waals surface area contributed by atoms with Gasteiger partial charge in [-0.2, -0.15) is 0 Å². The summed E-state index contributed by atoms with van der Waals surface area (Å²) >= 11 is 0. The van der Waals surface area contributed by atoms with Crippen molar-refractivity contribution in [2.75, 3.05) is 13.2 Å². The van der Waals surface area contributed by atoms with Crippen molar-refractivity contribution in [2.45, 2.75) is 64.5 Å². The van der Waals surface area contributed by atoms with E-state index in [9.17, 15) is 5.11 Å². The molecule has 1 aromatic rings. The SMILES string of the molecule is CCCNC1(CO)CCCC(Oc2ccc(C)cc2C)C1. The predicted molar refractivity (Wildman–Crippen MR) is 86.9 cm³/mol. The van der Waals surface area contributed by atoms with E-state index in [1.807, 2.05) is 0 Å². The Morgan fingerprint density at radius 2 is 2.19 bits per heavy atom. The Balaban J connectivity index is 2.03. The third kappa shape index (κ3) is 4.21. The molecule has 0 heterocycles. The summed E-state index contributed by atoms with van der Waals surface area (Å²) < 4.78 is 6.23. The van der Waals surface area contributed by atoms with Crippen LogP contribution in [0.3, 0.4) is 0 Å². The van der Waals surface area contributed by atoms with Crippen LogP contribution < -0.4 is 10.1 Å². The number of aliphatic hydroxyl groups is 1. The summed E-state index contributed by atoms with van der Waals surface area (Å²) in [5.74, 6) is 0.981. The molecule has 0 saturated heterocycles. The molecule has 2 unspecified atom stereocenters. The topological polar surface area (TPSA) is 41.5 Å². The Bertz CT molecular complexity index is 461. The van der Waals surface area contributed by atoms with Gasteiger partial charge >= 0.3 is 0 Å². The molecule has 0 aromatic heterocycles. The van der Waals surface area contributed by atoms with Crippen LogP contribution in [0.4, 0.5) is 0 Å². The van der Waals surface area contributed by atoms with Crippen molar-refractivity contribution in [1.29, 1.82) is 0 Å². The Morgan fingerprint density at radius 3 is 2.86 bits per heavy atom. The first-order valence-corrected chi connectivity index (χ1v) is 8.18. The zero-order chi connectivity index (χ0) is 15.3. The fraction of sp³-hybridized carbons (Fsp3) is 0.667. The van der Waals surface area contributed by atoms with Crippen LogP contribution in [-0.4, -0.2) is 29.9 Å². The summed E-state index contributed by atoms with van der Waals surface area (Å²) in [6.45, 7) is 7.50. The summed E-state index contributed by atoms with van der Waals surface area (Å²) in [4.78, 5) is 0. The number of benzene rings is 1. The van der Waals surface area contributed by atoms with Crippen LogP contribution in [0.15, 0.2) is 18.2 Å². The highest BCUT2D eigenvalue weighted by Gasteiger charge is 2.36. The molecule has 1 aliphatic rings. The van der Waals surface area contributed by atoms with Crippen molar-refractivity contribution in [3.63, 3.8) is 0 Å². The average Bonchev–Trinajstić information content (AvgIpc) is 2.48. The molecule has 1 aromatic carbocycles. The lowest BCUT2D eigenvalue weighted by molar-refractivity contribution is 0.0508. The third-order valence-electron chi connectivity index (χ3n) is 4.48. The van der Waals surface area contributed by atoms with E-state index >= 15 is 0 Å². The van der Waals surface area contributed by atoms with E-state index in [1.54, 1.807) is 0 Å². The van der Waals surface area contributed by atoms with Crippen molar-refractivity contribution >= 4 is 0 Å². The van der Waals surface area contributed by atoms with E-state index in [0.29, 0.717) is 0 Å². The monoisotopic (exact) mass is 291 g/mol. The van der Waals surface area contributed by atoms with Crippen molar-refractivity contribution in [2.24, 2.45) is 0 Å². The number of nitrogens with one attached hydrogen (secondary N) is 1. The van der Waals surface area contributed by atoms with Gasteiger partial charge in [-0.05, 0) is 57.7 Å². The minimum Gasteiger partial charge on any atom is -0.490 e.